The predicted octanol–water partition coefficient (Wildman–Crippen LogP) is 5.47. The molecule has 0 saturated heterocycles. The monoisotopic (exact) mass is 438 g/mol. The van der Waals surface area contributed by atoms with Crippen LogP contribution in [0.5, 0.6) is 11.6 Å². The largest absolute Gasteiger partial charge is 0.497 e. The maximum Gasteiger partial charge on any atom is 0.416 e. The Morgan fingerprint density at radius 2 is 1.56 bits per heavy atom. The summed E-state index contributed by atoms with van der Waals surface area (Å²) in [6, 6.07) is 17.6. The molecule has 5 nitrogen and oxygen atoms in total. The smallest absolute Gasteiger partial charge is 0.416 e. The summed E-state index contributed by atoms with van der Waals surface area (Å²) in [5.74, 6) is 0.251. The number of halogens is 3. The van der Waals surface area contributed by atoms with Crippen LogP contribution in [0.15, 0.2) is 82.6 Å². The summed E-state index contributed by atoms with van der Waals surface area (Å²) >= 11 is 0. The van der Waals surface area contributed by atoms with Crippen LogP contribution in [0.1, 0.15) is 11.1 Å². The number of alkyl halides is 3. The van der Waals surface area contributed by atoms with E-state index in [0.717, 1.165) is 16.7 Å². The molecule has 3 aromatic carbocycles. The lowest BCUT2D eigenvalue weighted by molar-refractivity contribution is -0.137. The molecule has 0 radical (unpaired) electrons. The number of ether oxygens (including phenoxy) is 1. The molecule has 162 valence electrons. The van der Waals surface area contributed by atoms with E-state index < -0.39 is 17.3 Å². The fourth-order valence-corrected chi connectivity index (χ4v) is 3.34. The van der Waals surface area contributed by atoms with Crippen LogP contribution in [-0.4, -0.2) is 23.0 Å². The average Bonchev–Trinajstić information content (AvgIpc) is 2.79. The van der Waals surface area contributed by atoms with Crippen LogP contribution < -0.4 is 10.3 Å². The highest BCUT2D eigenvalue weighted by Crippen LogP contribution is 2.31. The van der Waals surface area contributed by atoms with E-state index in [4.69, 9.17) is 4.74 Å². The number of methoxy groups -OCH3 is 1. The number of nitrogens with zero attached hydrogens (tertiary/aromatic N) is 2. The standard InChI is InChI=1S/C24H17F3N2O3/c1-32-18-12-10-17(11-13-18)29-22(30)20-5-3-2-4-19(20)21(23(29)31)14-28-16-8-6-15(7-9-16)24(25,26)27/h2-14,31H,1H3. The van der Waals surface area contributed by atoms with Gasteiger partial charge in [0.1, 0.15) is 5.75 Å². The highest BCUT2D eigenvalue weighted by Gasteiger charge is 2.29. The number of benzene rings is 3. The summed E-state index contributed by atoms with van der Waals surface area (Å²) in [5.41, 5.74) is -0.254. The SMILES string of the molecule is COc1ccc(-n2c(O)c(C=Nc3ccc(C(F)(F)F)cc3)c3ccccc3c2=O)cc1. The third kappa shape index (κ3) is 3.94. The Balaban J connectivity index is 1.85. The number of aromatic hydroxyl groups is 1. The van der Waals surface area contributed by atoms with Gasteiger partial charge in [-0.25, -0.2) is 4.57 Å². The second kappa shape index (κ2) is 8.22. The van der Waals surface area contributed by atoms with E-state index in [1.165, 1.54) is 25.5 Å². The fourth-order valence-electron chi connectivity index (χ4n) is 3.34. The zero-order valence-corrected chi connectivity index (χ0v) is 16.8. The number of pyridine rings is 1. The van der Waals surface area contributed by atoms with Crippen LogP contribution in [-0.2, 0) is 6.18 Å². The second-order valence-electron chi connectivity index (χ2n) is 6.92. The minimum absolute atomic E-state index is 0.260. The Bertz CT molecular complexity index is 1360. The van der Waals surface area contributed by atoms with E-state index >= 15 is 0 Å². The van der Waals surface area contributed by atoms with Gasteiger partial charge < -0.3 is 9.84 Å². The summed E-state index contributed by atoms with van der Waals surface area (Å²) in [6.07, 6.45) is -3.11. The van der Waals surface area contributed by atoms with Crippen molar-refractivity contribution in [2.75, 3.05) is 7.11 Å². The van der Waals surface area contributed by atoms with E-state index in [2.05, 4.69) is 4.99 Å². The van der Waals surface area contributed by atoms with E-state index in [9.17, 15) is 23.1 Å². The molecule has 0 saturated carbocycles. The molecular formula is C24H17F3N2O3. The Morgan fingerprint density at radius 1 is 0.938 bits per heavy atom. The lowest BCUT2D eigenvalue weighted by atomic mass is 10.1. The number of aromatic nitrogens is 1. The van der Waals surface area contributed by atoms with Crippen molar-refractivity contribution in [1.82, 2.24) is 4.57 Å². The topological polar surface area (TPSA) is 63.8 Å². The van der Waals surface area contributed by atoms with Crippen molar-refractivity contribution in [3.63, 3.8) is 0 Å². The van der Waals surface area contributed by atoms with Crippen molar-refractivity contribution in [1.29, 1.82) is 0 Å². The lowest BCUT2D eigenvalue weighted by Gasteiger charge is -2.14. The number of rotatable bonds is 4. The first-order valence-electron chi connectivity index (χ1n) is 9.52. The Labute approximate surface area is 180 Å². The molecule has 0 atom stereocenters. The molecule has 0 aliphatic heterocycles. The van der Waals surface area contributed by atoms with Crippen LogP contribution in [0.3, 0.4) is 0 Å². The van der Waals surface area contributed by atoms with Gasteiger partial charge >= 0.3 is 6.18 Å². The molecule has 0 amide bonds. The van der Waals surface area contributed by atoms with Gasteiger partial charge in [0.15, 0.2) is 0 Å². The maximum absolute atomic E-state index is 13.1. The highest BCUT2D eigenvalue weighted by atomic mass is 19.4. The Hall–Kier alpha value is -4.07. The number of aliphatic imine (C=N–C) groups is 1. The Morgan fingerprint density at radius 3 is 2.16 bits per heavy atom. The third-order valence-corrected chi connectivity index (χ3v) is 4.97. The third-order valence-electron chi connectivity index (χ3n) is 4.97. The zero-order valence-electron chi connectivity index (χ0n) is 16.8. The number of hydrogen-bond acceptors (Lipinski definition) is 4. The minimum Gasteiger partial charge on any atom is -0.497 e. The summed E-state index contributed by atoms with van der Waals surface area (Å²) in [4.78, 5) is 17.3. The molecule has 0 unspecified atom stereocenters. The van der Waals surface area contributed by atoms with E-state index in [-0.39, 0.29) is 17.1 Å². The molecule has 4 aromatic rings. The first kappa shape index (κ1) is 21.2. The molecule has 0 aliphatic rings. The predicted molar refractivity (Wildman–Crippen MR) is 116 cm³/mol. The quantitative estimate of drug-likeness (QED) is 0.430. The molecule has 0 fully saturated rings. The Kier molecular flexibility index (Phi) is 5.44. The fraction of sp³-hybridized carbons (Fsp3) is 0.0833. The summed E-state index contributed by atoms with van der Waals surface area (Å²) < 4.78 is 44.6. The maximum atomic E-state index is 13.1. The van der Waals surface area contributed by atoms with E-state index in [0.29, 0.717) is 22.2 Å². The van der Waals surface area contributed by atoms with Gasteiger partial charge in [-0.2, -0.15) is 13.2 Å². The van der Waals surface area contributed by atoms with E-state index in [1.807, 2.05) is 0 Å². The van der Waals surface area contributed by atoms with Gasteiger partial charge in [0.2, 0.25) is 5.88 Å². The first-order valence-corrected chi connectivity index (χ1v) is 9.52. The lowest BCUT2D eigenvalue weighted by Crippen LogP contribution is -2.20. The van der Waals surface area contributed by atoms with Gasteiger partial charge in [-0.1, -0.05) is 18.2 Å². The van der Waals surface area contributed by atoms with Crippen molar-refractivity contribution < 1.29 is 23.0 Å². The zero-order chi connectivity index (χ0) is 22.9. The molecule has 1 aromatic heterocycles. The normalized spacial score (nSPS) is 11.9. The van der Waals surface area contributed by atoms with Gasteiger partial charge in [0.25, 0.3) is 5.56 Å². The van der Waals surface area contributed by atoms with Crippen molar-refractivity contribution in [3.05, 3.63) is 94.3 Å². The van der Waals surface area contributed by atoms with Gasteiger partial charge in [-0.15, -0.1) is 0 Å². The first-order chi connectivity index (χ1) is 15.3. The van der Waals surface area contributed by atoms with Crippen LogP contribution in [0.2, 0.25) is 0 Å². The summed E-state index contributed by atoms with van der Waals surface area (Å²) in [7, 11) is 1.52. The summed E-state index contributed by atoms with van der Waals surface area (Å²) in [5, 5.41) is 11.8. The van der Waals surface area contributed by atoms with Crippen LogP contribution in [0.4, 0.5) is 18.9 Å². The van der Waals surface area contributed by atoms with Crippen molar-refractivity contribution in [2.45, 2.75) is 6.18 Å². The van der Waals surface area contributed by atoms with E-state index in [1.54, 1.807) is 48.5 Å². The van der Waals surface area contributed by atoms with Crippen molar-refractivity contribution >= 4 is 22.7 Å². The van der Waals surface area contributed by atoms with Gasteiger partial charge in [0, 0.05) is 17.0 Å². The average molecular weight is 438 g/mol. The van der Waals surface area contributed by atoms with Crippen LogP contribution >= 0.6 is 0 Å². The molecule has 8 heteroatoms. The molecule has 1 N–H and O–H groups in total. The molecule has 1 heterocycles. The molecule has 4 rings (SSSR count). The number of hydrogen-bond donors (Lipinski definition) is 1. The van der Waals surface area contributed by atoms with Crippen molar-refractivity contribution in [2.24, 2.45) is 4.99 Å². The molecule has 32 heavy (non-hydrogen) atoms. The summed E-state index contributed by atoms with van der Waals surface area (Å²) in [6.45, 7) is 0. The highest BCUT2D eigenvalue weighted by molar-refractivity contribution is 6.02. The van der Waals surface area contributed by atoms with Gasteiger partial charge in [-0.05, 0) is 54.6 Å². The van der Waals surface area contributed by atoms with Gasteiger partial charge in [0.05, 0.1) is 29.6 Å². The van der Waals surface area contributed by atoms with Crippen molar-refractivity contribution in [3.8, 4) is 17.3 Å². The number of fused-ring (bicyclic) bond motifs is 1. The molecular weight excluding hydrogens is 421 g/mol. The molecule has 0 aliphatic carbocycles. The van der Waals surface area contributed by atoms with Crippen LogP contribution in [0.25, 0.3) is 16.5 Å². The molecule has 0 bridgehead atoms. The minimum atomic E-state index is -4.44. The van der Waals surface area contributed by atoms with Crippen LogP contribution in [0, 0.1) is 0 Å². The molecule has 0 spiro atoms. The second-order valence-corrected chi connectivity index (χ2v) is 6.92. The van der Waals surface area contributed by atoms with Gasteiger partial charge in [-0.3, -0.25) is 9.79 Å².